The Morgan fingerprint density at radius 2 is 1.74 bits per heavy atom. The number of alkyl halides is 3. The highest BCUT2D eigenvalue weighted by Crippen LogP contribution is 2.29. The van der Waals surface area contributed by atoms with Crippen LogP contribution in [0.3, 0.4) is 0 Å². The van der Waals surface area contributed by atoms with E-state index in [0.717, 1.165) is 24.3 Å². The van der Waals surface area contributed by atoms with Gasteiger partial charge in [0.2, 0.25) is 0 Å². The van der Waals surface area contributed by atoms with Gasteiger partial charge in [0.1, 0.15) is 0 Å². The van der Waals surface area contributed by atoms with Crippen LogP contribution in [0.5, 0.6) is 0 Å². The van der Waals surface area contributed by atoms with Crippen molar-refractivity contribution in [2.24, 2.45) is 5.92 Å². The lowest BCUT2D eigenvalue weighted by Crippen LogP contribution is -2.47. The molecule has 0 radical (unpaired) electrons. The molecule has 1 atom stereocenters. The monoisotopic (exact) mass is 445 g/mol. The summed E-state index contributed by atoms with van der Waals surface area (Å²) in [5.74, 6) is -3.64. The fourth-order valence-corrected chi connectivity index (χ4v) is 3.14. The lowest BCUT2D eigenvalue weighted by molar-refractivity contribution is -0.271. The van der Waals surface area contributed by atoms with Crippen LogP contribution in [-0.2, 0) is 25.2 Å². The number of rotatable bonds is 9. The number of Topliss-reactive ketones (excluding diaryl/α,β-unsaturated/α-hetero) is 1. The zero-order valence-corrected chi connectivity index (χ0v) is 17.3. The number of carboxylic acid groups (broad SMARTS) is 1. The minimum absolute atomic E-state index is 0.0324. The highest BCUT2D eigenvalue weighted by molar-refractivity contribution is 5.97. The highest BCUT2D eigenvalue weighted by atomic mass is 19.4. The van der Waals surface area contributed by atoms with Gasteiger partial charge in [0, 0.05) is 18.4 Å². The first kappa shape index (κ1) is 24.8. The van der Waals surface area contributed by atoms with E-state index >= 15 is 0 Å². The van der Waals surface area contributed by atoms with Gasteiger partial charge in [0.05, 0.1) is 24.8 Å². The van der Waals surface area contributed by atoms with Gasteiger partial charge in [-0.25, -0.2) is 4.79 Å². The molecule has 1 aromatic rings. The second-order valence-electron chi connectivity index (χ2n) is 7.74. The molecule has 2 rings (SSSR count). The van der Waals surface area contributed by atoms with Crippen molar-refractivity contribution in [2.45, 2.75) is 57.5 Å². The molecule has 172 valence electrons. The second kappa shape index (κ2) is 10.2. The number of hydrogen-bond donors (Lipinski definition) is 2. The van der Waals surface area contributed by atoms with E-state index in [4.69, 9.17) is 14.6 Å². The molecule has 31 heavy (non-hydrogen) atoms. The van der Waals surface area contributed by atoms with Crippen molar-refractivity contribution in [2.75, 3.05) is 13.2 Å². The van der Waals surface area contributed by atoms with Crippen molar-refractivity contribution in [1.29, 1.82) is 0 Å². The van der Waals surface area contributed by atoms with Gasteiger partial charge in [0.15, 0.2) is 5.78 Å². The Morgan fingerprint density at radius 1 is 1.16 bits per heavy atom. The molecular formula is C21H26F3NO6. The minimum atomic E-state index is -4.49. The second-order valence-corrected chi connectivity index (χ2v) is 7.74. The van der Waals surface area contributed by atoms with Gasteiger partial charge in [0.25, 0.3) is 11.7 Å². The van der Waals surface area contributed by atoms with Crippen LogP contribution in [0.1, 0.15) is 55.5 Å². The van der Waals surface area contributed by atoms with Crippen LogP contribution in [0.2, 0.25) is 0 Å². The molecule has 10 heteroatoms. The Balaban J connectivity index is 1.78. The third-order valence-electron chi connectivity index (χ3n) is 5.20. The number of carbonyl (C=O) groups excluding carboxylic acids is 2. The molecule has 0 aromatic heterocycles. The topological polar surface area (TPSA) is 102 Å². The van der Waals surface area contributed by atoms with E-state index in [1.165, 1.54) is 13.8 Å². The maximum atomic E-state index is 12.6. The van der Waals surface area contributed by atoms with Crippen LogP contribution >= 0.6 is 0 Å². The molecule has 2 N–H and O–H groups in total. The molecule has 1 heterocycles. The van der Waals surface area contributed by atoms with Crippen molar-refractivity contribution in [3.05, 3.63) is 35.4 Å². The third-order valence-corrected chi connectivity index (χ3v) is 5.20. The Morgan fingerprint density at radius 3 is 2.23 bits per heavy atom. The van der Waals surface area contributed by atoms with Crippen LogP contribution in [-0.4, -0.2) is 47.8 Å². The quantitative estimate of drug-likeness (QED) is 0.565. The van der Waals surface area contributed by atoms with Crippen molar-refractivity contribution in [1.82, 2.24) is 5.32 Å². The number of carboxylic acids is 1. The molecular weight excluding hydrogens is 419 g/mol. The maximum absolute atomic E-state index is 12.6. The van der Waals surface area contributed by atoms with Crippen LogP contribution in [0.4, 0.5) is 13.2 Å². The number of halogens is 3. The molecule has 7 nitrogen and oxygen atoms in total. The normalized spacial score (nSPS) is 22.5. The summed E-state index contributed by atoms with van der Waals surface area (Å²) in [5, 5.41) is 11.6. The molecule has 0 spiro atoms. The van der Waals surface area contributed by atoms with Gasteiger partial charge in [-0.1, -0.05) is 12.8 Å². The average Bonchev–Trinajstić information content (AvgIpc) is 2.70. The number of carbonyl (C=O) groups is 3. The summed E-state index contributed by atoms with van der Waals surface area (Å²) in [6, 6.07) is 3.04. The lowest BCUT2D eigenvalue weighted by Gasteiger charge is -2.34. The van der Waals surface area contributed by atoms with E-state index in [1.54, 1.807) is 0 Å². The number of aliphatic carboxylic acids is 1. The Labute approximate surface area is 177 Å². The average molecular weight is 445 g/mol. The first-order valence-electron chi connectivity index (χ1n) is 9.92. The third kappa shape index (κ3) is 7.03. The number of benzene rings is 1. The zero-order valence-electron chi connectivity index (χ0n) is 17.3. The SMILES string of the molecule is CC(=O)C(CCCCC1COC(C)(C(=O)O)OC1)NC(=O)c1ccc(C(F)(F)F)cc1. The summed E-state index contributed by atoms with van der Waals surface area (Å²) >= 11 is 0. The van der Waals surface area contributed by atoms with E-state index in [9.17, 15) is 27.6 Å². The fourth-order valence-electron chi connectivity index (χ4n) is 3.14. The molecule has 1 aliphatic heterocycles. The standard InChI is InChI=1S/C21H26F3NO6/c1-13(26)17(25-18(27)15-7-9-16(10-8-15)21(22,23)24)6-4-3-5-14-11-30-20(2,19(28)29)31-12-14/h7-10,14,17H,3-6,11-12H2,1-2H3,(H,25,27)(H,28,29). The van der Waals surface area contributed by atoms with Crippen LogP contribution in [0.15, 0.2) is 24.3 Å². The molecule has 0 saturated carbocycles. The summed E-state index contributed by atoms with van der Waals surface area (Å²) in [6.45, 7) is 3.20. The first-order valence-corrected chi connectivity index (χ1v) is 9.92. The lowest BCUT2D eigenvalue weighted by atomic mass is 9.98. The van der Waals surface area contributed by atoms with Gasteiger partial charge < -0.3 is 19.9 Å². The molecule has 1 fully saturated rings. The molecule has 1 saturated heterocycles. The Hall–Kier alpha value is -2.46. The number of hydrogen-bond acceptors (Lipinski definition) is 5. The van der Waals surface area contributed by atoms with Gasteiger partial charge in [-0.3, -0.25) is 9.59 Å². The fraction of sp³-hybridized carbons (Fsp3) is 0.571. The number of ether oxygens (including phenoxy) is 2. The predicted octanol–water partition coefficient (Wildman–Crippen LogP) is 3.42. The van der Waals surface area contributed by atoms with Gasteiger partial charge >= 0.3 is 12.1 Å². The summed E-state index contributed by atoms with van der Waals surface area (Å²) in [7, 11) is 0. The van der Waals surface area contributed by atoms with Gasteiger partial charge in [-0.15, -0.1) is 0 Å². The number of unbranched alkanes of at least 4 members (excludes halogenated alkanes) is 1. The Kier molecular flexibility index (Phi) is 8.19. The van der Waals surface area contributed by atoms with Crippen LogP contribution in [0.25, 0.3) is 0 Å². The van der Waals surface area contributed by atoms with E-state index in [2.05, 4.69) is 5.32 Å². The Bertz CT molecular complexity index is 785. The number of ketones is 1. The van der Waals surface area contributed by atoms with Crippen LogP contribution < -0.4 is 5.32 Å². The molecule has 1 amide bonds. The van der Waals surface area contributed by atoms with Crippen LogP contribution in [0, 0.1) is 5.92 Å². The smallest absolute Gasteiger partial charge is 0.416 e. The van der Waals surface area contributed by atoms with E-state index in [-0.39, 0.29) is 30.5 Å². The van der Waals surface area contributed by atoms with E-state index in [0.29, 0.717) is 25.7 Å². The van der Waals surface area contributed by atoms with Gasteiger partial charge in [-0.05, 0) is 44.0 Å². The minimum Gasteiger partial charge on any atom is -0.477 e. The number of nitrogens with one attached hydrogen (secondary N) is 1. The molecule has 1 aliphatic rings. The largest absolute Gasteiger partial charge is 0.477 e. The highest BCUT2D eigenvalue weighted by Gasteiger charge is 2.40. The molecule has 1 unspecified atom stereocenters. The van der Waals surface area contributed by atoms with Crippen molar-refractivity contribution < 1.29 is 42.1 Å². The summed E-state index contributed by atoms with van der Waals surface area (Å²) < 4.78 is 48.5. The van der Waals surface area contributed by atoms with E-state index in [1.807, 2.05) is 0 Å². The van der Waals surface area contributed by atoms with Crippen molar-refractivity contribution in [3.8, 4) is 0 Å². The summed E-state index contributed by atoms with van der Waals surface area (Å²) in [5.41, 5.74) is -0.816. The molecule has 0 aliphatic carbocycles. The molecule has 1 aromatic carbocycles. The first-order chi connectivity index (χ1) is 14.4. The predicted molar refractivity (Wildman–Crippen MR) is 103 cm³/mol. The summed E-state index contributed by atoms with van der Waals surface area (Å²) in [6.07, 6.45) is -2.08. The summed E-state index contributed by atoms with van der Waals surface area (Å²) in [4.78, 5) is 35.2. The van der Waals surface area contributed by atoms with Crippen molar-refractivity contribution >= 4 is 17.7 Å². The van der Waals surface area contributed by atoms with Gasteiger partial charge in [-0.2, -0.15) is 13.2 Å². The molecule has 0 bridgehead atoms. The number of amides is 1. The van der Waals surface area contributed by atoms with E-state index < -0.39 is 35.4 Å². The zero-order chi connectivity index (χ0) is 23.2. The van der Waals surface area contributed by atoms with Crippen molar-refractivity contribution in [3.63, 3.8) is 0 Å². The maximum Gasteiger partial charge on any atom is 0.416 e.